The summed E-state index contributed by atoms with van der Waals surface area (Å²) in [5.74, 6) is 0. The van der Waals surface area contributed by atoms with Crippen LogP contribution in [0.15, 0.2) is 47.6 Å². The Morgan fingerprint density at radius 1 is 1.13 bits per heavy atom. The van der Waals surface area contributed by atoms with Crippen molar-refractivity contribution in [1.29, 1.82) is 0 Å². The first-order valence-corrected chi connectivity index (χ1v) is 8.26. The molecule has 0 unspecified atom stereocenters. The van der Waals surface area contributed by atoms with Crippen molar-refractivity contribution in [1.82, 2.24) is 4.57 Å². The Bertz CT molecular complexity index is 941. The van der Waals surface area contributed by atoms with Gasteiger partial charge in [-0.1, -0.05) is 41.4 Å². The third-order valence-electron chi connectivity index (χ3n) is 4.31. The highest BCUT2D eigenvalue weighted by atomic mass is 35.5. The van der Waals surface area contributed by atoms with E-state index in [1.54, 1.807) is 12.1 Å². The summed E-state index contributed by atoms with van der Waals surface area (Å²) in [6.07, 6.45) is 0.916. The summed E-state index contributed by atoms with van der Waals surface area (Å²) in [6, 6.07) is 13.8. The normalized spacial score (nSPS) is 15.3. The highest BCUT2D eigenvalue weighted by Crippen LogP contribution is 2.31. The number of nitrogens with zero attached hydrogens (tertiary/aromatic N) is 2. The fourth-order valence-corrected chi connectivity index (χ4v) is 3.68. The van der Waals surface area contributed by atoms with Crippen LogP contribution >= 0.6 is 23.2 Å². The predicted molar refractivity (Wildman–Crippen MR) is 97.9 cm³/mol. The number of hydrogen-bond donors (Lipinski definition) is 1. The van der Waals surface area contributed by atoms with E-state index >= 15 is 0 Å². The Labute approximate surface area is 144 Å². The minimum Gasteiger partial charge on any atom is -0.339 e. The molecule has 0 radical (unpaired) electrons. The van der Waals surface area contributed by atoms with E-state index in [0.717, 1.165) is 24.4 Å². The van der Waals surface area contributed by atoms with E-state index in [-0.39, 0.29) is 0 Å². The SMILES string of the molecule is Cc1c2n(c3ccccc13)CC/C2=N/Nc1ccc(Cl)cc1Cl. The summed E-state index contributed by atoms with van der Waals surface area (Å²) in [5, 5.41) is 7.07. The molecule has 1 aliphatic heterocycles. The highest BCUT2D eigenvalue weighted by Gasteiger charge is 2.24. The number of nitrogens with one attached hydrogen (secondary N) is 1. The van der Waals surface area contributed by atoms with Gasteiger partial charge in [-0.15, -0.1) is 0 Å². The summed E-state index contributed by atoms with van der Waals surface area (Å²) >= 11 is 12.1. The Balaban J connectivity index is 1.73. The van der Waals surface area contributed by atoms with Gasteiger partial charge in [0.1, 0.15) is 0 Å². The van der Waals surface area contributed by atoms with Crippen molar-refractivity contribution in [2.75, 3.05) is 5.43 Å². The third kappa shape index (κ3) is 2.41. The molecule has 0 saturated carbocycles. The van der Waals surface area contributed by atoms with Gasteiger partial charge in [-0.2, -0.15) is 5.10 Å². The van der Waals surface area contributed by atoms with Crippen LogP contribution in [0, 0.1) is 6.92 Å². The third-order valence-corrected chi connectivity index (χ3v) is 4.86. The highest BCUT2D eigenvalue weighted by molar-refractivity contribution is 6.36. The average molecular weight is 344 g/mol. The first-order valence-electron chi connectivity index (χ1n) is 7.51. The lowest BCUT2D eigenvalue weighted by molar-refractivity contribution is 0.797. The number of hydrogen-bond acceptors (Lipinski definition) is 2. The minimum atomic E-state index is 0.567. The Kier molecular flexibility index (Phi) is 3.55. The number of benzene rings is 2. The van der Waals surface area contributed by atoms with Gasteiger partial charge in [0, 0.05) is 28.9 Å². The average Bonchev–Trinajstić information content (AvgIpc) is 3.08. The Morgan fingerprint density at radius 2 is 1.96 bits per heavy atom. The molecular weight excluding hydrogens is 329 g/mol. The van der Waals surface area contributed by atoms with Crippen LogP contribution in [-0.4, -0.2) is 10.3 Å². The summed E-state index contributed by atoms with van der Waals surface area (Å²) in [6.45, 7) is 3.11. The van der Waals surface area contributed by atoms with Gasteiger partial charge in [0.25, 0.3) is 0 Å². The van der Waals surface area contributed by atoms with Crippen LogP contribution in [0.2, 0.25) is 10.0 Å². The van der Waals surface area contributed by atoms with Gasteiger partial charge >= 0.3 is 0 Å². The zero-order chi connectivity index (χ0) is 16.0. The first-order chi connectivity index (χ1) is 11.1. The van der Waals surface area contributed by atoms with Gasteiger partial charge in [0.15, 0.2) is 0 Å². The van der Waals surface area contributed by atoms with Crippen molar-refractivity contribution in [3.8, 4) is 0 Å². The molecule has 23 heavy (non-hydrogen) atoms. The summed E-state index contributed by atoms with van der Waals surface area (Å²) < 4.78 is 2.34. The lowest BCUT2D eigenvalue weighted by atomic mass is 10.1. The number of halogens is 2. The molecule has 1 N–H and O–H groups in total. The van der Waals surface area contributed by atoms with Gasteiger partial charge < -0.3 is 4.57 Å². The van der Waals surface area contributed by atoms with Crippen molar-refractivity contribution in [3.05, 3.63) is 63.8 Å². The topological polar surface area (TPSA) is 29.3 Å². The molecule has 0 fully saturated rings. The lowest BCUT2D eigenvalue weighted by Gasteiger charge is -2.05. The van der Waals surface area contributed by atoms with Crippen LogP contribution < -0.4 is 5.43 Å². The van der Waals surface area contributed by atoms with Crippen LogP contribution in [0.3, 0.4) is 0 Å². The van der Waals surface area contributed by atoms with E-state index in [1.165, 1.54) is 22.2 Å². The van der Waals surface area contributed by atoms with E-state index in [1.807, 2.05) is 6.07 Å². The lowest BCUT2D eigenvalue weighted by Crippen LogP contribution is -2.02. The second-order valence-corrected chi connectivity index (χ2v) is 6.53. The van der Waals surface area contributed by atoms with Crippen LogP contribution in [0.1, 0.15) is 17.7 Å². The van der Waals surface area contributed by atoms with Gasteiger partial charge in [-0.25, -0.2) is 0 Å². The molecule has 0 spiro atoms. The molecule has 3 nitrogen and oxygen atoms in total. The summed E-state index contributed by atoms with van der Waals surface area (Å²) in [4.78, 5) is 0. The van der Waals surface area contributed by atoms with Gasteiger partial charge in [0.2, 0.25) is 0 Å². The number of aromatic nitrogens is 1. The maximum absolute atomic E-state index is 6.19. The number of hydrazone groups is 1. The van der Waals surface area contributed by atoms with E-state index in [4.69, 9.17) is 23.2 Å². The molecule has 0 aliphatic carbocycles. The van der Waals surface area contributed by atoms with E-state index in [0.29, 0.717) is 10.0 Å². The molecular formula is C18H15Cl2N3. The van der Waals surface area contributed by atoms with Gasteiger partial charge in [-0.3, -0.25) is 5.43 Å². The molecule has 3 aromatic rings. The molecule has 2 heterocycles. The van der Waals surface area contributed by atoms with E-state index in [2.05, 4.69) is 46.3 Å². The second-order valence-electron chi connectivity index (χ2n) is 5.69. The molecule has 5 heteroatoms. The maximum Gasteiger partial charge on any atom is 0.0864 e. The Morgan fingerprint density at radius 3 is 2.78 bits per heavy atom. The van der Waals surface area contributed by atoms with Crippen LogP contribution in [0.5, 0.6) is 0 Å². The fourth-order valence-electron chi connectivity index (χ4n) is 3.23. The van der Waals surface area contributed by atoms with Gasteiger partial charge in [-0.05, 0) is 36.8 Å². The van der Waals surface area contributed by atoms with Crippen LogP contribution in [0.4, 0.5) is 5.69 Å². The monoisotopic (exact) mass is 343 g/mol. The molecule has 0 bridgehead atoms. The number of rotatable bonds is 2. The van der Waals surface area contributed by atoms with Gasteiger partial charge in [0.05, 0.1) is 22.1 Å². The van der Waals surface area contributed by atoms with Crippen molar-refractivity contribution < 1.29 is 0 Å². The Hall–Kier alpha value is -1.97. The fraction of sp³-hybridized carbons (Fsp3) is 0.167. The predicted octanol–water partition coefficient (Wildman–Crippen LogP) is 5.48. The first kappa shape index (κ1) is 14.6. The smallest absolute Gasteiger partial charge is 0.0864 e. The summed E-state index contributed by atoms with van der Waals surface area (Å²) in [7, 11) is 0. The van der Waals surface area contributed by atoms with Crippen LogP contribution in [-0.2, 0) is 6.54 Å². The molecule has 1 aliphatic rings. The molecule has 116 valence electrons. The van der Waals surface area contributed by atoms with E-state index in [9.17, 15) is 0 Å². The van der Waals surface area contributed by atoms with Crippen molar-refractivity contribution in [2.45, 2.75) is 19.9 Å². The molecule has 0 saturated heterocycles. The summed E-state index contributed by atoms with van der Waals surface area (Å²) in [5.41, 5.74) is 8.66. The maximum atomic E-state index is 6.19. The van der Waals surface area contributed by atoms with Crippen molar-refractivity contribution in [3.63, 3.8) is 0 Å². The molecule has 0 amide bonds. The molecule has 4 rings (SSSR count). The van der Waals surface area contributed by atoms with E-state index < -0.39 is 0 Å². The number of para-hydroxylation sites is 1. The van der Waals surface area contributed by atoms with Crippen molar-refractivity contribution >= 4 is 45.5 Å². The van der Waals surface area contributed by atoms with Crippen LogP contribution in [0.25, 0.3) is 10.9 Å². The molecule has 0 atom stereocenters. The number of aryl methyl sites for hydroxylation is 2. The molecule has 2 aromatic carbocycles. The zero-order valence-electron chi connectivity index (χ0n) is 12.6. The minimum absolute atomic E-state index is 0.567. The molecule has 1 aromatic heterocycles. The quantitative estimate of drug-likeness (QED) is 0.613. The van der Waals surface area contributed by atoms with Crippen molar-refractivity contribution in [2.24, 2.45) is 5.10 Å². The number of anilines is 1. The second kappa shape index (κ2) is 5.59. The standard InChI is InChI=1S/C18H15Cl2N3/c1-11-13-4-2-3-5-17(13)23-9-8-16(18(11)23)22-21-15-7-6-12(19)10-14(15)20/h2-7,10,21H,8-9H2,1H3/b22-16-. The largest absolute Gasteiger partial charge is 0.339 e. The number of fused-ring (bicyclic) bond motifs is 3. The zero-order valence-corrected chi connectivity index (χ0v) is 14.1.